The molecule has 0 fully saturated rings. The Morgan fingerprint density at radius 2 is 1.15 bits per heavy atom. The Hall–Kier alpha value is -2.03. The minimum Gasteiger partial charge on any atom is -0.317 e. The van der Waals surface area contributed by atoms with Gasteiger partial charge in [0.2, 0.25) is 0 Å². The van der Waals surface area contributed by atoms with E-state index < -0.39 is 0 Å². The van der Waals surface area contributed by atoms with Gasteiger partial charge in [-0.2, -0.15) is 0 Å². The first kappa shape index (κ1) is 19.7. The Morgan fingerprint density at radius 3 is 1.74 bits per heavy atom. The van der Waals surface area contributed by atoms with E-state index in [2.05, 4.69) is 96.3 Å². The molecule has 0 aliphatic heterocycles. The van der Waals surface area contributed by atoms with Gasteiger partial charge in [-0.1, -0.05) is 91.0 Å². The zero-order chi connectivity index (χ0) is 18.6. The van der Waals surface area contributed by atoms with Crippen LogP contribution in [0.5, 0.6) is 0 Å². The highest BCUT2D eigenvalue weighted by Gasteiger charge is 2.13. The monoisotopic (exact) mass is 375 g/mol. The fourth-order valence-corrected chi connectivity index (χ4v) is 4.47. The summed E-state index contributed by atoms with van der Waals surface area (Å²) < 4.78 is 0. The molecule has 0 aliphatic rings. The average molecular weight is 376 g/mol. The number of hydrogen-bond donors (Lipinski definition) is 1. The highest BCUT2D eigenvalue weighted by atomic mass is 32.2. The summed E-state index contributed by atoms with van der Waals surface area (Å²) in [7, 11) is 0. The van der Waals surface area contributed by atoms with E-state index in [9.17, 15) is 0 Å². The van der Waals surface area contributed by atoms with Crippen molar-refractivity contribution < 1.29 is 0 Å². The van der Waals surface area contributed by atoms with E-state index in [0.717, 1.165) is 19.5 Å². The molecule has 0 heterocycles. The minimum atomic E-state index is 0.422. The van der Waals surface area contributed by atoms with Gasteiger partial charge in [-0.25, -0.2) is 0 Å². The number of aryl methyl sites for hydroxylation is 1. The zero-order valence-corrected chi connectivity index (χ0v) is 16.7. The summed E-state index contributed by atoms with van der Waals surface area (Å²) in [4.78, 5) is 0. The normalized spacial score (nSPS) is 11.0. The van der Waals surface area contributed by atoms with Crippen LogP contribution in [0.25, 0.3) is 0 Å². The van der Waals surface area contributed by atoms with Gasteiger partial charge in [-0.15, -0.1) is 11.8 Å². The number of benzene rings is 3. The second-order valence-electron chi connectivity index (χ2n) is 6.76. The fraction of sp³-hybridized carbons (Fsp3) is 0.280. The molecule has 0 radical (unpaired) electrons. The Bertz CT molecular complexity index is 704. The van der Waals surface area contributed by atoms with Gasteiger partial charge < -0.3 is 5.32 Å². The van der Waals surface area contributed by atoms with Crippen molar-refractivity contribution in [2.24, 2.45) is 0 Å². The average Bonchev–Trinajstić information content (AvgIpc) is 2.75. The summed E-state index contributed by atoms with van der Waals surface area (Å²) in [5.41, 5.74) is 4.22. The van der Waals surface area contributed by atoms with Crippen molar-refractivity contribution in [3.63, 3.8) is 0 Å². The number of thioether (sulfide) groups is 1. The molecule has 2 heteroatoms. The summed E-state index contributed by atoms with van der Waals surface area (Å²) in [5, 5.41) is 4.02. The summed E-state index contributed by atoms with van der Waals surface area (Å²) in [5.74, 6) is 1.17. The first-order valence-corrected chi connectivity index (χ1v) is 10.9. The highest BCUT2D eigenvalue weighted by Crippen LogP contribution is 2.35. The van der Waals surface area contributed by atoms with Crippen molar-refractivity contribution >= 4 is 11.8 Å². The number of nitrogens with one attached hydrogen (secondary N) is 1. The van der Waals surface area contributed by atoms with Gasteiger partial charge in [-0.05, 0) is 54.8 Å². The van der Waals surface area contributed by atoms with Gasteiger partial charge >= 0.3 is 0 Å². The zero-order valence-electron chi connectivity index (χ0n) is 15.9. The fourth-order valence-electron chi connectivity index (χ4n) is 3.23. The van der Waals surface area contributed by atoms with E-state index in [0.29, 0.717) is 5.25 Å². The largest absolute Gasteiger partial charge is 0.317 e. The predicted octanol–water partition coefficient (Wildman–Crippen LogP) is 6.12. The predicted molar refractivity (Wildman–Crippen MR) is 119 cm³/mol. The van der Waals surface area contributed by atoms with Crippen molar-refractivity contribution in [3.05, 3.63) is 108 Å². The van der Waals surface area contributed by atoms with Gasteiger partial charge in [0, 0.05) is 0 Å². The lowest BCUT2D eigenvalue weighted by Gasteiger charge is -2.18. The van der Waals surface area contributed by atoms with Gasteiger partial charge in [0.15, 0.2) is 0 Å². The molecule has 0 amide bonds. The molecule has 27 heavy (non-hydrogen) atoms. The summed E-state index contributed by atoms with van der Waals surface area (Å²) >= 11 is 2.05. The van der Waals surface area contributed by atoms with Crippen molar-refractivity contribution in [2.75, 3.05) is 18.8 Å². The minimum absolute atomic E-state index is 0.422. The molecular weight excluding hydrogens is 346 g/mol. The van der Waals surface area contributed by atoms with E-state index in [1.165, 1.54) is 35.3 Å². The SMILES string of the molecule is c1ccc(CCCNCCCSC(c2ccccc2)c2ccccc2)cc1. The second-order valence-corrected chi connectivity index (χ2v) is 7.98. The Labute approximate surface area is 168 Å². The van der Waals surface area contributed by atoms with Crippen molar-refractivity contribution in [1.82, 2.24) is 5.32 Å². The van der Waals surface area contributed by atoms with Gasteiger partial charge in [0.1, 0.15) is 0 Å². The van der Waals surface area contributed by atoms with Crippen molar-refractivity contribution in [2.45, 2.75) is 24.5 Å². The van der Waals surface area contributed by atoms with Crippen LogP contribution in [0.4, 0.5) is 0 Å². The van der Waals surface area contributed by atoms with Crippen LogP contribution >= 0.6 is 11.8 Å². The quantitative estimate of drug-likeness (QED) is 0.405. The maximum atomic E-state index is 3.60. The van der Waals surface area contributed by atoms with Crippen LogP contribution in [0.1, 0.15) is 34.8 Å². The summed E-state index contributed by atoms with van der Waals surface area (Å²) in [6.07, 6.45) is 3.56. The molecule has 0 unspecified atom stereocenters. The van der Waals surface area contributed by atoms with E-state index in [4.69, 9.17) is 0 Å². The standard InChI is InChI=1S/C25H29NS/c1-4-12-22(13-5-1)14-10-19-26-20-11-21-27-25(23-15-6-2-7-16-23)24-17-8-3-9-18-24/h1-9,12-13,15-18,25-26H,10-11,14,19-21H2. The third-order valence-corrected chi connectivity index (χ3v) is 6.05. The van der Waals surface area contributed by atoms with Crippen LogP contribution in [-0.2, 0) is 6.42 Å². The van der Waals surface area contributed by atoms with Gasteiger partial charge in [0.25, 0.3) is 0 Å². The topological polar surface area (TPSA) is 12.0 Å². The van der Waals surface area contributed by atoms with Crippen LogP contribution < -0.4 is 5.32 Å². The molecule has 3 aromatic rings. The number of hydrogen-bond acceptors (Lipinski definition) is 2. The van der Waals surface area contributed by atoms with Crippen molar-refractivity contribution in [3.8, 4) is 0 Å². The molecule has 0 bridgehead atoms. The van der Waals surface area contributed by atoms with Gasteiger partial charge in [0.05, 0.1) is 5.25 Å². The lowest BCUT2D eigenvalue weighted by atomic mass is 10.0. The van der Waals surface area contributed by atoms with E-state index in [1.54, 1.807) is 0 Å². The van der Waals surface area contributed by atoms with E-state index >= 15 is 0 Å². The maximum absolute atomic E-state index is 3.60. The second kappa shape index (κ2) is 11.6. The molecule has 0 saturated carbocycles. The maximum Gasteiger partial charge on any atom is 0.0546 e. The van der Waals surface area contributed by atoms with Crippen LogP contribution in [0, 0.1) is 0 Å². The Kier molecular flexibility index (Phi) is 8.50. The molecule has 3 rings (SSSR count). The summed E-state index contributed by atoms with van der Waals surface area (Å²) in [6, 6.07) is 32.5. The van der Waals surface area contributed by atoms with Crippen LogP contribution in [-0.4, -0.2) is 18.8 Å². The third kappa shape index (κ3) is 6.89. The lowest BCUT2D eigenvalue weighted by Crippen LogP contribution is -2.18. The highest BCUT2D eigenvalue weighted by molar-refractivity contribution is 7.99. The molecule has 0 saturated heterocycles. The first-order valence-electron chi connectivity index (χ1n) is 9.89. The summed E-state index contributed by atoms with van der Waals surface area (Å²) in [6.45, 7) is 2.19. The molecule has 1 nitrogen and oxygen atoms in total. The molecular formula is C25H29NS. The molecule has 0 spiro atoms. The third-order valence-electron chi connectivity index (χ3n) is 4.65. The van der Waals surface area contributed by atoms with Crippen LogP contribution in [0.2, 0.25) is 0 Å². The molecule has 0 atom stereocenters. The first-order chi connectivity index (χ1) is 13.4. The lowest BCUT2D eigenvalue weighted by molar-refractivity contribution is 0.642. The number of rotatable bonds is 11. The molecule has 140 valence electrons. The Morgan fingerprint density at radius 1 is 0.630 bits per heavy atom. The smallest absolute Gasteiger partial charge is 0.0546 e. The Balaban J connectivity index is 1.37. The van der Waals surface area contributed by atoms with E-state index in [-0.39, 0.29) is 0 Å². The van der Waals surface area contributed by atoms with Crippen LogP contribution in [0.15, 0.2) is 91.0 Å². The van der Waals surface area contributed by atoms with E-state index in [1.807, 2.05) is 11.8 Å². The van der Waals surface area contributed by atoms with Crippen LogP contribution in [0.3, 0.4) is 0 Å². The molecule has 0 aromatic heterocycles. The molecule has 0 aliphatic carbocycles. The molecule has 1 N–H and O–H groups in total. The van der Waals surface area contributed by atoms with Crippen molar-refractivity contribution in [1.29, 1.82) is 0 Å². The molecule has 3 aromatic carbocycles. The van der Waals surface area contributed by atoms with Gasteiger partial charge in [-0.3, -0.25) is 0 Å².